The lowest BCUT2D eigenvalue weighted by Crippen LogP contribution is -2.21. The standard InChI is InChI=1S/C16H19N3O3S/c1-10(2)23(21,22)13-7-5-12(6-8-13)14-9-18-11(3)15(19-14)16(20)17-4/h5-10H,1-4H3,(H,17,20). The van der Waals surface area contributed by atoms with Crippen LogP contribution < -0.4 is 5.32 Å². The number of amides is 1. The van der Waals surface area contributed by atoms with Gasteiger partial charge in [0.15, 0.2) is 9.84 Å². The first kappa shape index (κ1) is 17.1. The van der Waals surface area contributed by atoms with E-state index >= 15 is 0 Å². The van der Waals surface area contributed by atoms with Crippen molar-refractivity contribution in [3.63, 3.8) is 0 Å². The first-order valence-electron chi connectivity index (χ1n) is 7.17. The summed E-state index contributed by atoms with van der Waals surface area (Å²) in [5.74, 6) is -0.309. The summed E-state index contributed by atoms with van der Waals surface area (Å²) in [7, 11) is -1.78. The molecule has 0 bridgehead atoms. The molecule has 0 unspecified atom stereocenters. The predicted molar refractivity (Wildman–Crippen MR) is 87.9 cm³/mol. The molecule has 0 atom stereocenters. The van der Waals surface area contributed by atoms with Gasteiger partial charge in [0.05, 0.1) is 27.7 Å². The van der Waals surface area contributed by atoms with Crippen LogP contribution in [0.15, 0.2) is 35.4 Å². The molecule has 1 aromatic carbocycles. The van der Waals surface area contributed by atoms with Crippen LogP contribution in [0.4, 0.5) is 0 Å². The van der Waals surface area contributed by atoms with Crippen LogP contribution >= 0.6 is 0 Å². The Morgan fingerprint density at radius 1 is 1.17 bits per heavy atom. The largest absolute Gasteiger partial charge is 0.354 e. The van der Waals surface area contributed by atoms with Gasteiger partial charge in [-0.3, -0.25) is 9.78 Å². The van der Waals surface area contributed by atoms with Crippen LogP contribution in [0.3, 0.4) is 0 Å². The van der Waals surface area contributed by atoms with E-state index in [0.29, 0.717) is 17.0 Å². The number of aryl methyl sites for hydroxylation is 1. The average molecular weight is 333 g/mol. The number of nitrogens with zero attached hydrogens (tertiary/aromatic N) is 2. The molecule has 2 aromatic rings. The van der Waals surface area contributed by atoms with E-state index in [0.717, 1.165) is 0 Å². The highest BCUT2D eigenvalue weighted by molar-refractivity contribution is 7.92. The van der Waals surface area contributed by atoms with E-state index in [4.69, 9.17) is 0 Å². The molecule has 1 aromatic heterocycles. The summed E-state index contributed by atoms with van der Waals surface area (Å²) in [6.07, 6.45) is 1.56. The maximum absolute atomic E-state index is 12.1. The number of hydrogen-bond acceptors (Lipinski definition) is 5. The summed E-state index contributed by atoms with van der Waals surface area (Å²) >= 11 is 0. The Labute approximate surface area is 135 Å². The first-order chi connectivity index (χ1) is 10.8. The second-order valence-corrected chi connectivity index (χ2v) is 7.89. The van der Waals surface area contributed by atoms with Crippen LogP contribution in [0.25, 0.3) is 11.3 Å². The van der Waals surface area contributed by atoms with Gasteiger partial charge in [0.1, 0.15) is 5.69 Å². The van der Waals surface area contributed by atoms with Crippen LogP contribution in [0.2, 0.25) is 0 Å². The average Bonchev–Trinajstić information content (AvgIpc) is 2.54. The van der Waals surface area contributed by atoms with Crippen molar-refractivity contribution < 1.29 is 13.2 Å². The molecule has 0 aliphatic carbocycles. The number of benzene rings is 1. The minimum Gasteiger partial charge on any atom is -0.354 e. The molecule has 23 heavy (non-hydrogen) atoms. The van der Waals surface area contributed by atoms with Crippen molar-refractivity contribution in [2.24, 2.45) is 0 Å². The topological polar surface area (TPSA) is 89.0 Å². The van der Waals surface area contributed by atoms with Gasteiger partial charge in [0.25, 0.3) is 5.91 Å². The van der Waals surface area contributed by atoms with Gasteiger partial charge in [-0.05, 0) is 32.9 Å². The molecule has 0 saturated carbocycles. The molecule has 7 heteroatoms. The van der Waals surface area contributed by atoms with E-state index in [1.807, 2.05) is 0 Å². The van der Waals surface area contributed by atoms with E-state index in [1.54, 1.807) is 51.2 Å². The number of aromatic nitrogens is 2. The van der Waals surface area contributed by atoms with E-state index in [2.05, 4.69) is 15.3 Å². The summed E-state index contributed by atoms with van der Waals surface area (Å²) in [5, 5.41) is 2.04. The number of nitrogens with one attached hydrogen (secondary N) is 1. The summed E-state index contributed by atoms with van der Waals surface area (Å²) in [6, 6.07) is 6.43. The van der Waals surface area contributed by atoms with E-state index in [1.165, 1.54) is 7.05 Å². The Morgan fingerprint density at radius 3 is 2.30 bits per heavy atom. The van der Waals surface area contributed by atoms with Crippen LogP contribution in [-0.2, 0) is 9.84 Å². The maximum atomic E-state index is 12.1. The van der Waals surface area contributed by atoms with Crippen molar-refractivity contribution in [2.45, 2.75) is 30.9 Å². The van der Waals surface area contributed by atoms with Gasteiger partial charge in [-0.2, -0.15) is 0 Å². The van der Waals surface area contributed by atoms with Gasteiger partial charge in [0.2, 0.25) is 0 Å². The van der Waals surface area contributed by atoms with Crippen molar-refractivity contribution in [3.8, 4) is 11.3 Å². The van der Waals surface area contributed by atoms with Gasteiger partial charge in [-0.1, -0.05) is 12.1 Å². The van der Waals surface area contributed by atoms with Crippen LogP contribution in [0.1, 0.15) is 30.0 Å². The molecule has 0 fully saturated rings. The van der Waals surface area contributed by atoms with Gasteiger partial charge in [-0.15, -0.1) is 0 Å². The highest BCUT2D eigenvalue weighted by Gasteiger charge is 2.19. The number of hydrogen-bond donors (Lipinski definition) is 1. The van der Waals surface area contributed by atoms with E-state index < -0.39 is 15.1 Å². The SMILES string of the molecule is CNC(=O)c1nc(-c2ccc(S(=O)(=O)C(C)C)cc2)cnc1C. The lowest BCUT2D eigenvalue weighted by molar-refractivity contribution is 0.0957. The van der Waals surface area contributed by atoms with Crippen molar-refractivity contribution in [1.29, 1.82) is 0 Å². The Bertz CT molecular complexity index is 828. The Kier molecular flexibility index (Phi) is 4.79. The zero-order valence-electron chi connectivity index (χ0n) is 13.5. The molecular formula is C16H19N3O3S. The second-order valence-electron chi connectivity index (χ2n) is 5.39. The number of sulfone groups is 1. The molecule has 6 nitrogen and oxygen atoms in total. The van der Waals surface area contributed by atoms with Gasteiger partial charge < -0.3 is 5.32 Å². The molecule has 122 valence electrons. The third-order valence-electron chi connectivity index (χ3n) is 3.50. The maximum Gasteiger partial charge on any atom is 0.271 e. The first-order valence-corrected chi connectivity index (χ1v) is 8.72. The normalized spacial score (nSPS) is 11.5. The fourth-order valence-electron chi connectivity index (χ4n) is 2.01. The van der Waals surface area contributed by atoms with E-state index in [-0.39, 0.29) is 16.5 Å². The number of carbonyl (C=O) groups is 1. The molecule has 0 saturated heterocycles. The second kappa shape index (κ2) is 6.45. The molecule has 1 amide bonds. The molecule has 1 heterocycles. The summed E-state index contributed by atoms with van der Waals surface area (Å²) in [4.78, 5) is 20.6. The zero-order valence-corrected chi connectivity index (χ0v) is 14.3. The monoisotopic (exact) mass is 333 g/mol. The molecule has 2 rings (SSSR count). The fourth-order valence-corrected chi connectivity index (χ4v) is 3.07. The molecule has 0 radical (unpaired) electrons. The highest BCUT2D eigenvalue weighted by atomic mass is 32.2. The summed E-state index contributed by atoms with van der Waals surface area (Å²) in [6.45, 7) is 4.99. The minimum absolute atomic E-state index is 0.254. The lowest BCUT2D eigenvalue weighted by Gasteiger charge is -2.09. The Balaban J connectivity index is 2.43. The van der Waals surface area contributed by atoms with Crippen LogP contribution in [0.5, 0.6) is 0 Å². The molecule has 0 spiro atoms. The van der Waals surface area contributed by atoms with Gasteiger partial charge >= 0.3 is 0 Å². The number of rotatable bonds is 4. The molecule has 0 aliphatic rings. The fraction of sp³-hybridized carbons (Fsp3) is 0.312. The van der Waals surface area contributed by atoms with Crippen LogP contribution in [-0.4, -0.2) is 36.6 Å². The highest BCUT2D eigenvalue weighted by Crippen LogP contribution is 2.22. The summed E-state index contributed by atoms with van der Waals surface area (Å²) < 4.78 is 24.3. The predicted octanol–water partition coefficient (Wildman–Crippen LogP) is 1.99. The van der Waals surface area contributed by atoms with Crippen molar-refractivity contribution in [2.75, 3.05) is 7.05 Å². The van der Waals surface area contributed by atoms with Gasteiger partial charge in [-0.25, -0.2) is 13.4 Å². The molecule has 1 N–H and O–H groups in total. The van der Waals surface area contributed by atoms with Crippen molar-refractivity contribution in [3.05, 3.63) is 41.9 Å². The van der Waals surface area contributed by atoms with Gasteiger partial charge in [0, 0.05) is 12.6 Å². The van der Waals surface area contributed by atoms with Crippen LogP contribution in [0, 0.1) is 6.92 Å². The Hall–Kier alpha value is -2.28. The van der Waals surface area contributed by atoms with Crippen molar-refractivity contribution >= 4 is 15.7 Å². The minimum atomic E-state index is -3.31. The quantitative estimate of drug-likeness (QED) is 0.924. The molecular weight excluding hydrogens is 314 g/mol. The Morgan fingerprint density at radius 2 is 1.78 bits per heavy atom. The third-order valence-corrected chi connectivity index (χ3v) is 5.67. The molecule has 0 aliphatic heterocycles. The van der Waals surface area contributed by atoms with E-state index in [9.17, 15) is 13.2 Å². The lowest BCUT2D eigenvalue weighted by atomic mass is 10.1. The summed E-state index contributed by atoms with van der Waals surface area (Å²) in [5.41, 5.74) is 2.00. The number of carbonyl (C=O) groups excluding carboxylic acids is 1. The smallest absolute Gasteiger partial charge is 0.271 e. The van der Waals surface area contributed by atoms with Crippen molar-refractivity contribution in [1.82, 2.24) is 15.3 Å². The zero-order chi connectivity index (χ0) is 17.2. The third kappa shape index (κ3) is 3.39.